The van der Waals surface area contributed by atoms with Gasteiger partial charge in [-0.15, -0.1) is 0 Å². The highest BCUT2D eigenvalue weighted by atomic mass is 32.2. The monoisotopic (exact) mass is 462 g/mol. The summed E-state index contributed by atoms with van der Waals surface area (Å²) in [5.74, 6) is 2.12. The summed E-state index contributed by atoms with van der Waals surface area (Å²) in [7, 11) is 0. The first-order valence-electron chi connectivity index (χ1n) is 11.9. The van der Waals surface area contributed by atoms with Crippen molar-refractivity contribution in [3.63, 3.8) is 0 Å². The quantitative estimate of drug-likeness (QED) is 0.326. The first kappa shape index (κ1) is 25.0. The maximum absolute atomic E-state index is 2.41. The van der Waals surface area contributed by atoms with E-state index in [4.69, 9.17) is 0 Å². The zero-order valence-electron chi connectivity index (χ0n) is 20.9. The summed E-state index contributed by atoms with van der Waals surface area (Å²) in [5, 5.41) is 0. The summed E-state index contributed by atoms with van der Waals surface area (Å²) in [4.78, 5) is 5.41. The molecule has 0 unspecified atom stereocenters. The zero-order chi connectivity index (χ0) is 23.4. The van der Waals surface area contributed by atoms with Crippen molar-refractivity contribution >= 4 is 23.5 Å². The van der Waals surface area contributed by atoms with Gasteiger partial charge in [0.25, 0.3) is 0 Å². The fraction of sp³-hybridized carbons (Fsp3) is 0.400. The van der Waals surface area contributed by atoms with Gasteiger partial charge in [0.15, 0.2) is 0 Å². The van der Waals surface area contributed by atoms with Gasteiger partial charge in [-0.3, -0.25) is 0 Å². The van der Waals surface area contributed by atoms with Gasteiger partial charge in [0.05, 0.1) is 0 Å². The van der Waals surface area contributed by atoms with Gasteiger partial charge in [-0.1, -0.05) is 115 Å². The van der Waals surface area contributed by atoms with Gasteiger partial charge in [-0.25, -0.2) is 0 Å². The van der Waals surface area contributed by atoms with E-state index in [2.05, 4.69) is 116 Å². The van der Waals surface area contributed by atoms with Gasteiger partial charge >= 0.3 is 0 Å². The third-order valence-corrected chi connectivity index (χ3v) is 8.40. The molecule has 0 bridgehead atoms. The molecule has 0 amide bonds. The van der Waals surface area contributed by atoms with E-state index in [1.54, 1.807) is 0 Å². The molecule has 0 fully saturated rings. The second-order valence-corrected chi connectivity index (χ2v) is 12.0. The lowest BCUT2D eigenvalue weighted by Gasteiger charge is -2.19. The van der Waals surface area contributed by atoms with E-state index in [0.717, 1.165) is 0 Å². The van der Waals surface area contributed by atoms with Crippen LogP contribution in [0.3, 0.4) is 0 Å². The predicted octanol–water partition coefficient (Wildman–Crippen LogP) is 10.5. The molecule has 0 aliphatic heterocycles. The van der Waals surface area contributed by atoms with Crippen LogP contribution in [0, 0.1) is 0 Å². The second kappa shape index (κ2) is 11.0. The van der Waals surface area contributed by atoms with Crippen molar-refractivity contribution in [2.24, 2.45) is 0 Å². The van der Waals surface area contributed by atoms with E-state index >= 15 is 0 Å². The maximum atomic E-state index is 2.41. The predicted molar refractivity (Wildman–Crippen MR) is 144 cm³/mol. The SMILES string of the molecule is CC(C)c1ccc(Sc2ccccc2Sc2ccc(C(C)C)cc2C(C)C)c(C(C)C)c1. The van der Waals surface area contributed by atoms with Crippen LogP contribution in [0.15, 0.2) is 80.2 Å². The number of hydrogen-bond acceptors (Lipinski definition) is 2. The summed E-state index contributed by atoms with van der Waals surface area (Å²) in [6.45, 7) is 18.3. The van der Waals surface area contributed by atoms with E-state index in [1.165, 1.54) is 41.8 Å². The Morgan fingerprint density at radius 3 is 1.12 bits per heavy atom. The van der Waals surface area contributed by atoms with Crippen LogP contribution in [-0.2, 0) is 0 Å². The molecule has 0 nitrogen and oxygen atoms in total. The molecule has 0 aliphatic carbocycles. The lowest BCUT2D eigenvalue weighted by molar-refractivity contribution is 0.814. The summed E-state index contributed by atoms with van der Waals surface area (Å²) in [6.07, 6.45) is 0. The molecule has 32 heavy (non-hydrogen) atoms. The van der Waals surface area contributed by atoms with E-state index < -0.39 is 0 Å². The molecule has 0 aliphatic rings. The molecule has 0 saturated carbocycles. The van der Waals surface area contributed by atoms with Crippen LogP contribution in [-0.4, -0.2) is 0 Å². The minimum Gasteiger partial charge on any atom is -0.0886 e. The van der Waals surface area contributed by atoms with E-state index in [9.17, 15) is 0 Å². The summed E-state index contributed by atoms with van der Waals surface area (Å²) in [5.41, 5.74) is 5.75. The molecular formula is C30H38S2. The number of rotatable bonds is 8. The molecule has 0 atom stereocenters. The van der Waals surface area contributed by atoms with Crippen molar-refractivity contribution in [3.05, 3.63) is 82.9 Å². The first-order chi connectivity index (χ1) is 15.2. The average Bonchev–Trinajstić information content (AvgIpc) is 2.75. The summed E-state index contributed by atoms with van der Waals surface area (Å²) in [6, 6.07) is 22.9. The van der Waals surface area contributed by atoms with Crippen molar-refractivity contribution in [1.29, 1.82) is 0 Å². The molecule has 3 rings (SSSR count). The Balaban J connectivity index is 1.96. The largest absolute Gasteiger partial charge is 0.0886 e. The van der Waals surface area contributed by atoms with Crippen molar-refractivity contribution in [2.75, 3.05) is 0 Å². The molecular weight excluding hydrogens is 424 g/mol. The molecule has 0 aromatic heterocycles. The van der Waals surface area contributed by atoms with Crippen LogP contribution >= 0.6 is 23.5 Å². The van der Waals surface area contributed by atoms with E-state index in [-0.39, 0.29) is 0 Å². The number of hydrogen-bond donors (Lipinski definition) is 0. The fourth-order valence-electron chi connectivity index (χ4n) is 3.80. The third kappa shape index (κ3) is 6.02. The Bertz CT molecular complexity index is 960. The lowest BCUT2D eigenvalue weighted by atomic mass is 9.96. The Hall–Kier alpha value is -1.64. The molecule has 2 heteroatoms. The lowest BCUT2D eigenvalue weighted by Crippen LogP contribution is -1.97. The highest BCUT2D eigenvalue weighted by Gasteiger charge is 2.15. The topological polar surface area (TPSA) is 0 Å². The molecule has 3 aromatic carbocycles. The molecule has 170 valence electrons. The molecule has 0 saturated heterocycles. The average molecular weight is 463 g/mol. The smallest absolute Gasteiger partial charge is 0.0262 e. The second-order valence-electron chi connectivity index (χ2n) is 9.86. The molecule has 0 N–H and O–H groups in total. The highest BCUT2D eigenvalue weighted by molar-refractivity contribution is 8.02. The maximum Gasteiger partial charge on any atom is 0.0262 e. The van der Waals surface area contributed by atoms with Crippen LogP contribution in [0.25, 0.3) is 0 Å². The third-order valence-electron chi connectivity index (χ3n) is 5.93. The van der Waals surface area contributed by atoms with Crippen LogP contribution in [0.5, 0.6) is 0 Å². The van der Waals surface area contributed by atoms with Crippen molar-refractivity contribution in [3.8, 4) is 0 Å². The van der Waals surface area contributed by atoms with Crippen LogP contribution in [0.1, 0.15) is 101 Å². The summed E-state index contributed by atoms with van der Waals surface area (Å²) >= 11 is 3.82. The van der Waals surface area contributed by atoms with Crippen LogP contribution < -0.4 is 0 Å². The van der Waals surface area contributed by atoms with Crippen molar-refractivity contribution in [2.45, 2.75) is 98.6 Å². The molecule has 3 aromatic rings. The summed E-state index contributed by atoms with van der Waals surface area (Å²) < 4.78 is 0. The van der Waals surface area contributed by atoms with Gasteiger partial charge in [0, 0.05) is 19.6 Å². The molecule has 0 radical (unpaired) electrons. The van der Waals surface area contributed by atoms with Crippen LogP contribution in [0.4, 0.5) is 0 Å². The van der Waals surface area contributed by atoms with Gasteiger partial charge in [0.1, 0.15) is 0 Å². The standard InChI is InChI=1S/C30H38S2/c1-19(2)23-13-15-27(25(17-23)21(5)6)31-29-11-9-10-12-30(29)32-28-16-14-24(20(3)4)18-26(28)22(7)8/h9-22H,1-8H3. The fourth-order valence-corrected chi connectivity index (χ4v) is 6.25. The van der Waals surface area contributed by atoms with Gasteiger partial charge in [0.2, 0.25) is 0 Å². The first-order valence-corrected chi connectivity index (χ1v) is 13.5. The number of benzene rings is 3. The van der Waals surface area contributed by atoms with E-state index in [0.29, 0.717) is 23.7 Å². The van der Waals surface area contributed by atoms with Gasteiger partial charge < -0.3 is 0 Å². The van der Waals surface area contributed by atoms with Crippen LogP contribution in [0.2, 0.25) is 0 Å². The minimum absolute atomic E-state index is 0.507. The van der Waals surface area contributed by atoms with Crippen molar-refractivity contribution < 1.29 is 0 Å². The van der Waals surface area contributed by atoms with E-state index in [1.807, 2.05) is 23.5 Å². The van der Waals surface area contributed by atoms with Gasteiger partial charge in [-0.2, -0.15) is 0 Å². The Morgan fingerprint density at radius 1 is 0.438 bits per heavy atom. The molecule has 0 spiro atoms. The minimum atomic E-state index is 0.507. The normalized spacial score (nSPS) is 11.9. The molecule has 0 heterocycles. The highest BCUT2D eigenvalue weighted by Crippen LogP contribution is 2.43. The zero-order valence-corrected chi connectivity index (χ0v) is 22.5. The Kier molecular flexibility index (Phi) is 8.58. The Labute approximate surface area is 204 Å². The van der Waals surface area contributed by atoms with Crippen molar-refractivity contribution in [1.82, 2.24) is 0 Å². The Morgan fingerprint density at radius 2 is 0.812 bits per heavy atom. The van der Waals surface area contributed by atoms with Gasteiger partial charge in [-0.05, 0) is 70.2 Å².